The second-order valence-corrected chi connectivity index (χ2v) is 6.37. The highest BCUT2D eigenvalue weighted by Crippen LogP contribution is 2.22. The molecule has 0 bridgehead atoms. The van der Waals surface area contributed by atoms with Crippen LogP contribution >= 0.6 is 0 Å². The third-order valence-corrected chi connectivity index (χ3v) is 4.63. The average Bonchev–Trinajstić information content (AvgIpc) is 3.05. The Morgan fingerprint density at radius 1 is 1.26 bits per heavy atom. The number of benzene rings is 1. The van der Waals surface area contributed by atoms with Gasteiger partial charge in [0.1, 0.15) is 6.54 Å². The Morgan fingerprint density at radius 3 is 2.70 bits per heavy atom. The molecule has 0 fully saturated rings. The summed E-state index contributed by atoms with van der Waals surface area (Å²) >= 11 is 0. The van der Waals surface area contributed by atoms with Crippen molar-refractivity contribution in [1.29, 1.82) is 0 Å². The summed E-state index contributed by atoms with van der Waals surface area (Å²) in [6, 6.07) is 9.26. The summed E-state index contributed by atoms with van der Waals surface area (Å²) in [4.78, 5) is 29.8. The Kier molecular flexibility index (Phi) is 5.16. The van der Waals surface area contributed by atoms with Gasteiger partial charge in [-0.15, -0.1) is 5.10 Å². The van der Waals surface area contributed by atoms with Crippen LogP contribution in [0.15, 0.2) is 36.5 Å². The number of carbonyl (C=O) groups excluding carboxylic acids is 1. The van der Waals surface area contributed by atoms with E-state index in [-0.39, 0.29) is 18.3 Å². The van der Waals surface area contributed by atoms with Gasteiger partial charge in [-0.25, -0.2) is 4.68 Å². The van der Waals surface area contributed by atoms with Crippen molar-refractivity contribution in [3.8, 4) is 5.69 Å². The van der Waals surface area contributed by atoms with Gasteiger partial charge in [-0.3, -0.25) is 14.6 Å². The van der Waals surface area contributed by atoms with Crippen molar-refractivity contribution in [1.82, 2.24) is 24.9 Å². The highest BCUT2D eigenvalue weighted by atomic mass is 16.4. The summed E-state index contributed by atoms with van der Waals surface area (Å²) in [6.07, 6.45) is 2.33. The standard InChI is InChI=1S/C19H21N5O3/c1-4-12(2)23(11-16(25)26)19(27)17-13(3)24(22-21-17)15-9-5-7-14-8-6-10-20-18(14)15/h5-10,12H,4,11H2,1-3H3,(H,25,26). The van der Waals surface area contributed by atoms with E-state index in [0.29, 0.717) is 17.8 Å². The molecule has 3 rings (SSSR count). The van der Waals surface area contributed by atoms with Gasteiger partial charge in [-0.1, -0.05) is 30.3 Å². The fourth-order valence-corrected chi connectivity index (χ4v) is 2.94. The van der Waals surface area contributed by atoms with Crippen LogP contribution < -0.4 is 0 Å². The van der Waals surface area contributed by atoms with E-state index in [1.165, 1.54) is 4.90 Å². The summed E-state index contributed by atoms with van der Waals surface area (Å²) in [7, 11) is 0. The molecule has 2 aromatic heterocycles. The molecule has 0 aliphatic heterocycles. The lowest BCUT2D eigenvalue weighted by Gasteiger charge is -2.26. The molecule has 0 aliphatic carbocycles. The first-order valence-electron chi connectivity index (χ1n) is 8.73. The summed E-state index contributed by atoms with van der Waals surface area (Å²) < 4.78 is 1.57. The van der Waals surface area contributed by atoms with Gasteiger partial charge in [0, 0.05) is 17.6 Å². The summed E-state index contributed by atoms with van der Waals surface area (Å²) in [6.45, 7) is 5.08. The maximum atomic E-state index is 12.9. The zero-order valence-corrected chi connectivity index (χ0v) is 15.5. The SMILES string of the molecule is CCC(C)N(CC(=O)O)C(=O)c1nnn(-c2cccc3cccnc23)c1C. The van der Waals surface area contributed by atoms with Gasteiger partial charge in [0.25, 0.3) is 5.91 Å². The molecule has 1 unspecified atom stereocenters. The third kappa shape index (κ3) is 3.51. The molecule has 1 N–H and O–H groups in total. The molecule has 1 aromatic carbocycles. The number of carboxylic acid groups (broad SMARTS) is 1. The van der Waals surface area contributed by atoms with Crippen molar-refractivity contribution in [2.24, 2.45) is 0 Å². The lowest BCUT2D eigenvalue weighted by atomic mass is 10.1. The smallest absolute Gasteiger partial charge is 0.323 e. The van der Waals surface area contributed by atoms with E-state index >= 15 is 0 Å². The number of hydrogen-bond acceptors (Lipinski definition) is 5. The van der Waals surface area contributed by atoms with Crippen molar-refractivity contribution in [2.45, 2.75) is 33.2 Å². The van der Waals surface area contributed by atoms with E-state index in [9.17, 15) is 9.59 Å². The number of nitrogens with zero attached hydrogens (tertiary/aromatic N) is 5. The first-order chi connectivity index (χ1) is 12.9. The number of amides is 1. The molecule has 0 spiro atoms. The number of carboxylic acids is 1. The Balaban J connectivity index is 2.04. The fraction of sp³-hybridized carbons (Fsp3) is 0.316. The molecule has 140 valence electrons. The lowest BCUT2D eigenvalue weighted by molar-refractivity contribution is -0.138. The molecule has 0 aliphatic rings. The molecule has 0 radical (unpaired) electrons. The zero-order valence-electron chi connectivity index (χ0n) is 15.5. The van der Waals surface area contributed by atoms with Crippen LogP contribution in [0.25, 0.3) is 16.6 Å². The minimum Gasteiger partial charge on any atom is -0.480 e. The number of rotatable bonds is 6. The number of aliphatic carboxylic acids is 1. The number of hydrogen-bond donors (Lipinski definition) is 1. The quantitative estimate of drug-likeness (QED) is 0.718. The molecule has 1 atom stereocenters. The second-order valence-electron chi connectivity index (χ2n) is 6.37. The predicted molar refractivity (Wildman–Crippen MR) is 99.8 cm³/mol. The molecule has 3 aromatic rings. The maximum absolute atomic E-state index is 12.9. The van der Waals surface area contributed by atoms with Gasteiger partial charge in [-0.2, -0.15) is 0 Å². The first-order valence-corrected chi connectivity index (χ1v) is 8.73. The highest BCUT2D eigenvalue weighted by Gasteiger charge is 2.28. The van der Waals surface area contributed by atoms with E-state index in [1.807, 2.05) is 44.2 Å². The summed E-state index contributed by atoms with van der Waals surface area (Å²) in [5, 5.41) is 18.3. The van der Waals surface area contributed by atoms with E-state index in [1.54, 1.807) is 17.8 Å². The van der Waals surface area contributed by atoms with Crippen molar-refractivity contribution in [3.63, 3.8) is 0 Å². The predicted octanol–water partition coefficient (Wildman–Crippen LogP) is 2.45. The summed E-state index contributed by atoms with van der Waals surface area (Å²) in [5.74, 6) is -1.50. The lowest BCUT2D eigenvalue weighted by Crippen LogP contribution is -2.42. The van der Waals surface area contributed by atoms with E-state index < -0.39 is 11.9 Å². The fourth-order valence-electron chi connectivity index (χ4n) is 2.94. The van der Waals surface area contributed by atoms with Crippen LogP contribution in [0.1, 0.15) is 36.5 Å². The van der Waals surface area contributed by atoms with Crippen molar-refractivity contribution in [2.75, 3.05) is 6.54 Å². The Labute approximate surface area is 156 Å². The van der Waals surface area contributed by atoms with Crippen LogP contribution in [0, 0.1) is 6.92 Å². The molecule has 1 amide bonds. The number of aromatic nitrogens is 4. The van der Waals surface area contributed by atoms with Crippen molar-refractivity contribution >= 4 is 22.8 Å². The number of fused-ring (bicyclic) bond motifs is 1. The largest absolute Gasteiger partial charge is 0.480 e. The van der Waals surface area contributed by atoms with E-state index in [0.717, 1.165) is 10.9 Å². The van der Waals surface area contributed by atoms with Gasteiger partial charge >= 0.3 is 5.97 Å². The molecule has 8 nitrogen and oxygen atoms in total. The van der Waals surface area contributed by atoms with Crippen molar-refractivity contribution in [3.05, 3.63) is 47.9 Å². The number of pyridine rings is 1. The average molecular weight is 367 g/mol. The zero-order chi connectivity index (χ0) is 19.6. The van der Waals surface area contributed by atoms with Gasteiger partial charge in [0.05, 0.1) is 16.9 Å². The van der Waals surface area contributed by atoms with E-state index in [2.05, 4.69) is 15.3 Å². The highest BCUT2D eigenvalue weighted by molar-refractivity contribution is 5.95. The Morgan fingerprint density at radius 2 is 2.00 bits per heavy atom. The number of para-hydroxylation sites is 1. The van der Waals surface area contributed by atoms with Crippen LogP contribution in [0.5, 0.6) is 0 Å². The molecule has 8 heteroatoms. The molecule has 0 saturated heterocycles. The van der Waals surface area contributed by atoms with Gasteiger partial charge in [-0.05, 0) is 32.4 Å². The van der Waals surface area contributed by atoms with Gasteiger partial charge in [0.2, 0.25) is 0 Å². The van der Waals surface area contributed by atoms with Crippen LogP contribution in [0.3, 0.4) is 0 Å². The molecular formula is C19H21N5O3. The van der Waals surface area contributed by atoms with Crippen LogP contribution in [-0.2, 0) is 4.79 Å². The molecular weight excluding hydrogens is 346 g/mol. The summed E-state index contributed by atoms with van der Waals surface area (Å²) in [5.41, 5.74) is 2.14. The van der Waals surface area contributed by atoms with Crippen LogP contribution in [0.2, 0.25) is 0 Å². The van der Waals surface area contributed by atoms with Gasteiger partial charge < -0.3 is 10.0 Å². The van der Waals surface area contributed by atoms with E-state index in [4.69, 9.17) is 5.11 Å². The topological polar surface area (TPSA) is 101 Å². The third-order valence-electron chi connectivity index (χ3n) is 4.63. The first kappa shape index (κ1) is 18.5. The molecule has 0 saturated carbocycles. The maximum Gasteiger partial charge on any atom is 0.323 e. The van der Waals surface area contributed by atoms with Crippen LogP contribution in [0.4, 0.5) is 0 Å². The number of carbonyl (C=O) groups is 2. The molecule has 2 heterocycles. The second kappa shape index (κ2) is 7.53. The Bertz CT molecular complexity index is 993. The van der Waals surface area contributed by atoms with Crippen LogP contribution in [-0.4, -0.2) is 54.4 Å². The van der Waals surface area contributed by atoms with Gasteiger partial charge in [0.15, 0.2) is 5.69 Å². The minimum atomic E-state index is -1.06. The normalized spacial score (nSPS) is 12.1. The van der Waals surface area contributed by atoms with Crippen molar-refractivity contribution < 1.29 is 14.7 Å². The Hall–Kier alpha value is -3.29. The monoisotopic (exact) mass is 367 g/mol. The molecule has 27 heavy (non-hydrogen) atoms. The minimum absolute atomic E-state index is 0.143.